The predicted octanol–water partition coefficient (Wildman–Crippen LogP) is 2.72. The summed E-state index contributed by atoms with van der Waals surface area (Å²) < 4.78 is 0. The van der Waals surface area contributed by atoms with E-state index in [0.29, 0.717) is 6.04 Å². The number of hydrogen-bond acceptors (Lipinski definition) is 1. The maximum absolute atomic E-state index is 6.32. The maximum atomic E-state index is 6.32. The summed E-state index contributed by atoms with van der Waals surface area (Å²) in [6.45, 7) is 0. The number of nitrogens with two attached hydrogens (primary N) is 1. The van der Waals surface area contributed by atoms with E-state index in [1.165, 1.54) is 38.5 Å². The number of rotatable bonds is 3. The molecule has 0 aromatic rings. The standard InChI is InChI=1S/C13H21N/c14-12(8-9-4-1-2-5-9)13-10-6-3-7-11(10)13/h1-2,9-13H,3-8,14H2. The van der Waals surface area contributed by atoms with Crippen LogP contribution < -0.4 is 5.73 Å². The summed E-state index contributed by atoms with van der Waals surface area (Å²) in [5, 5.41) is 0. The quantitative estimate of drug-likeness (QED) is 0.682. The van der Waals surface area contributed by atoms with E-state index < -0.39 is 0 Å². The molecule has 0 aromatic carbocycles. The van der Waals surface area contributed by atoms with E-state index in [4.69, 9.17) is 5.73 Å². The molecule has 0 amide bonds. The number of hydrogen-bond donors (Lipinski definition) is 1. The Labute approximate surface area is 86.8 Å². The zero-order valence-corrected chi connectivity index (χ0v) is 8.86. The van der Waals surface area contributed by atoms with Gasteiger partial charge in [-0.15, -0.1) is 0 Å². The van der Waals surface area contributed by atoms with Gasteiger partial charge < -0.3 is 5.73 Å². The van der Waals surface area contributed by atoms with Gasteiger partial charge >= 0.3 is 0 Å². The van der Waals surface area contributed by atoms with Gasteiger partial charge in [-0.25, -0.2) is 0 Å². The van der Waals surface area contributed by atoms with Crippen LogP contribution in [0.1, 0.15) is 38.5 Å². The molecule has 1 heteroatoms. The minimum absolute atomic E-state index is 0.523. The van der Waals surface area contributed by atoms with Gasteiger partial charge in [0.25, 0.3) is 0 Å². The molecule has 3 aliphatic carbocycles. The third-order valence-corrected chi connectivity index (χ3v) is 4.68. The largest absolute Gasteiger partial charge is 0.327 e. The monoisotopic (exact) mass is 191 g/mol. The SMILES string of the molecule is NC(CC1CC=CC1)C1C2CCCC21. The van der Waals surface area contributed by atoms with Crippen molar-refractivity contribution in [3.8, 4) is 0 Å². The third-order valence-electron chi connectivity index (χ3n) is 4.68. The second-order valence-electron chi connectivity index (χ2n) is 5.54. The van der Waals surface area contributed by atoms with Gasteiger partial charge in [0.05, 0.1) is 0 Å². The van der Waals surface area contributed by atoms with Crippen molar-refractivity contribution in [1.29, 1.82) is 0 Å². The molecule has 3 rings (SSSR count). The molecule has 2 saturated carbocycles. The molecule has 0 aromatic heterocycles. The number of fused-ring (bicyclic) bond motifs is 1. The average Bonchev–Trinajstić information content (AvgIpc) is 2.63. The van der Waals surface area contributed by atoms with E-state index >= 15 is 0 Å². The van der Waals surface area contributed by atoms with Gasteiger partial charge in [0.2, 0.25) is 0 Å². The van der Waals surface area contributed by atoms with Crippen LogP contribution in [0.5, 0.6) is 0 Å². The maximum Gasteiger partial charge on any atom is 0.00755 e. The van der Waals surface area contributed by atoms with E-state index in [1.54, 1.807) is 0 Å². The zero-order chi connectivity index (χ0) is 9.54. The highest BCUT2D eigenvalue weighted by Gasteiger charge is 2.54. The van der Waals surface area contributed by atoms with Gasteiger partial charge in [0.1, 0.15) is 0 Å². The summed E-state index contributed by atoms with van der Waals surface area (Å²) in [5.41, 5.74) is 6.32. The highest BCUT2D eigenvalue weighted by Crippen LogP contribution is 2.59. The molecule has 0 saturated heterocycles. The first kappa shape index (κ1) is 8.96. The number of allylic oxidation sites excluding steroid dienone is 2. The fourth-order valence-corrected chi connectivity index (χ4v) is 3.92. The average molecular weight is 191 g/mol. The van der Waals surface area contributed by atoms with Crippen LogP contribution in [0, 0.1) is 23.7 Å². The van der Waals surface area contributed by atoms with Gasteiger partial charge in [-0.3, -0.25) is 0 Å². The van der Waals surface area contributed by atoms with Crippen LogP contribution in [0.25, 0.3) is 0 Å². The lowest BCUT2D eigenvalue weighted by Crippen LogP contribution is -2.27. The first-order valence-electron chi connectivity index (χ1n) is 6.27. The minimum atomic E-state index is 0.523. The first-order chi connectivity index (χ1) is 6.86. The van der Waals surface area contributed by atoms with Crippen LogP contribution in [0.2, 0.25) is 0 Å². The van der Waals surface area contributed by atoms with E-state index in [2.05, 4.69) is 12.2 Å². The van der Waals surface area contributed by atoms with Gasteiger partial charge in [0, 0.05) is 6.04 Å². The predicted molar refractivity (Wildman–Crippen MR) is 58.8 cm³/mol. The lowest BCUT2D eigenvalue weighted by Gasteiger charge is -2.17. The van der Waals surface area contributed by atoms with Crippen molar-refractivity contribution in [3.63, 3.8) is 0 Å². The van der Waals surface area contributed by atoms with Crippen molar-refractivity contribution < 1.29 is 0 Å². The van der Waals surface area contributed by atoms with Crippen molar-refractivity contribution in [2.75, 3.05) is 0 Å². The summed E-state index contributed by atoms with van der Waals surface area (Å²) in [7, 11) is 0. The highest BCUT2D eigenvalue weighted by atomic mass is 14.7. The summed E-state index contributed by atoms with van der Waals surface area (Å²) in [6, 6.07) is 0.523. The minimum Gasteiger partial charge on any atom is -0.327 e. The molecule has 1 nitrogen and oxygen atoms in total. The highest BCUT2D eigenvalue weighted by molar-refractivity contribution is 5.06. The molecule has 78 valence electrons. The fraction of sp³-hybridized carbons (Fsp3) is 0.846. The topological polar surface area (TPSA) is 26.0 Å². The van der Waals surface area contributed by atoms with E-state index in [-0.39, 0.29) is 0 Å². The first-order valence-corrected chi connectivity index (χ1v) is 6.27. The molecule has 0 bridgehead atoms. The Morgan fingerprint density at radius 1 is 1.14 bits per heavy atom. The summed E-state index contributed by atoms with van der Waals surface area (Å²) in [6.07, 6.45) is 12.9. The molecule has 0 heterocycles. The van der Waals surface area contributed by atoms with Gasteiger partial charge in [-0.2, -0.15) is 0 Å². The molecule has 2 fully saturated rings. The molecule has 2 N–H and O–H groups in total. The van der Waals surface area contributed by atoms with Crippen molar-refractivity contribution in [1.82, 2.24) is 0 Å². The van der Waals surface area contributed by atoms with E-state index in [0.717, 1.165) is 23.7 Å². The lowest BCUT2D eigenvalue weighted by atomic mass is 9.93. The van der Waals surface area contributed by atoms with E-state index in [9.17, 15) is 0 Å². The molecule has 3 aliphatic rings. The van der Waals surface area contributed by atoms with Crippen molar-refractivity contribution >= 4 is 0 Å². The molecule has 3 atom stereocenters. The van der Waals surface area contributed by atoms with Gasteiger partial charge in [-0.1, -0.05) is 18.6 Å². The Hall–Kier alpha value is -0.300. The molecule has 3 unspecified atom stereocenters. The summed E-state index contributed by atoms with van der Waals surface area (Å²) in [5.74, 6) is 3.88. The van der Waals surface area contributed by atoms with Crippen LogP contribution in [0.15, 0.2) is 12.2 Å². The van der Waals surface area contributed by atoms with Crippen molar-refractivity contribution in [2.24, 2.45) is 29.4 Å². The van der Waals surface area contributed by atoms with E-state index in [1.807, 2.05) is 0 Å². The summed E-state index contributed by atoms with van der Waals surface area (Å²) >= 11 is 0. The van der Waals surface area contributed by atoms with Crippen LogP contribution in [-0.2, 0) is 0 Å². The van der Waals surface area contributed by atoms with Crippen LogP contribution in [0.3, 0.4) is 0 Å². The van der Waals surface area contributed by atoms with Crippen molar-refractivity contribution in [3.05, 3.63) is 12.2 Å². The normalized spacial score (nSPS) is 42.8. The third kappa shape index (κ3) is 1.42. The Kier molecular flexibility index (Phi) is 2.16. The molecule has 14 heavy (non-hydrogen) atoms. The lowest BCUT2D eigenvalue weighted by molar-refractivity contribution is 0.389. The Balaban J connectivity index is 1.49. The second-order valence-corrected chi connectivity index (χ2v) is 5.54. The molecule has 0 radical (unpaired) electrons. The van der Waals surface area contributed by atoms with Crippen molar-refractivity contribution in [2.45, 2.75) is 44.6 Å². The van der Waals surface area contributed by atoms with Gasteiger partial charge in [-0.05, 0) is 55.8 Å². The van der Waals surface area contributed by atoms with Gasteiger partial charge in [0.15, 0.2) is 0 Å². The molecule has 0 spiro atoms. The molecular weight excluding hydrogens is 170 g/mol. The Morgan fingerprint density at radius 3 is 2.43 bits per heavy atom. The Morgan fingerprint density at radius 2 is 1.79 bits per heavy atom. The van der Waals surface area contributed by atoms with Crippen LogP contribution >= 0.6 is 0 Å². The fourth-order valence-electron chi connectivity index (χ4n) is 3.92. The van der Waals surface area contributed by atoms with Crippen LogP contribution in [-0.4, -0.2) is 6.04 Å². The smallest absolute Gasteiger partial charge is 0.00755 e. The van der Waals surface area contributed by atoms with Crippen LogP contribution in [0.4, 0.5) is 0 Å². The molecular formula is C13H21N. The molecule has 0 aliphatic heterocycles. The summed E-state index contributed by atoms with van der Waals surface area (Å²) in [4.78, 5) is 0. The Bertz CT molecular complexity index is 228. The zero-order valence-electron chi connectivity index (χ0n) is 8.86. The second kappa shape index (κ2) is 3.37.